The number of aryl methyl sites for hydroxylation is 1. The molecule has 0 amide bonds. The van der Waals surface area contributed by atoms with Gasteiger partial charge in [0.1, 0.15) is 0 Å². The van der Waals surface area contributed by atoms with Crippen molar-refractivity contribution in [2.45, 2.75) is 6.42 Å². The van der Waals surface area contributed by atoms with E-state index in [9.17, 15) is 0 Å². The number of nitrogens with zero attached hydrogens (tertiary/aromatic N) is 4. The zero-order valence-corrected chi connectivity index (χ0v) is 10.00. The van der Waals surface area contributed by atoms with E-state index in [2.05, 4.69) is 25.0 Å². The Labute approximate surface area is 104 Å². The van der Waals surface area contributed by atoms with Gasteiger partial charge < -0.3 is 14.4 Å². The van der Waals surface area contributed by atoms with Crippen LogP contribution in [0.25, 0.3) is 11.0 Å². The number of rotatable bonds is 4. The van der Waals surface area contributed by atoms with Crippen LogP contribution in [0.2, 0.25) is 0 Å². The minimum Gasteiger partial charge on any atom is -0.355 e. The lowest BCUT2D eigenvalue weighted by Crippen LogP contribution is -2.09. The molecule has 1 N–H and O–H groups in total. The topological polar surface area (TPSA) is 68.8 Å². The third kappa shape index (κ3) is 1.92. The van der Waals surface area contributed by atoms with Gasteiger partial charge in [0.25, 0.3) is 0 Å². The van der Waals surface area contributed by atoms with E-state index in [0.717, 1.165) is 23.5 Å². The van der Waals surface area contributed by atoms with Crippen LogP contribution < -0.4 is 5.32 Å². The van der Waals surface area contributed by atoms with Crippen LogP contribution in [0.1, 0.15) is 5.82 Å². The lowest BCUT2D eigenvalue weighted by molar-refractivity contribution is 0.410. The van der Waals surface area contributed by atoms with Crippen LogP contribution in [0.5, 0.6) is 0 Å². The number of benzene rings is 1. The molecule has 0 aliphatic rings. The van der Waals surface area contributed by atoms with Crippen LogP contribution in [0.4, 0.5) is 5.95 Å². The zero-order chi connectivity index (χ0) is 12.4. The maximum atomic E-state index is 4.68. The van der Waals surface area contributed by atoms with Gasteiger partial charge in [0.2, 0.25) is 12.3 Å². The molecule has 0 bridgehead atoms. The molecule has 0 fully saturated rings. The van der Waals surface area contributed by atoms with Crippen LogP contribution in [-0.2, 0) is 13.5 Å². The molecule has 3 rings (SSSR count). The molecule has 6 heteroatoms. The smallest absolute Gasteiger partial charge is 0.213 e. The maximum Gasteiger partial charge on any atom is 0.213 e. The van der Waals surface area contributed by atoms with Crippen molar-refractivity contribution >= 4 is 17.0 Å². The van der Waals surface area contributed by atoms with Crippen LogP contribution in [-0.4, -0.2) is 26.2 Å². The molecule has 2 heterocycles. The summed E-state index contributed by atoms with van der Waals surface area (Å²) >= 11 is 0. The summed E-state index contributed by atoms with van der Waals surface area (Å²) in [5.74, 6) is 1.54. The fourth-order valence-electron chi connectivity index (χ4n) is 1.89. The van der Waals surface area contributed by atoms with Gasteiger partial charge >= 0.3 is 0 Å². The first-order valence-corrected chi connectivity index (χ1v) is 5.75. The lowest BCUT2D eigenvalue weighted by Gasteiger charge is -2.04. The fourth-order valence-corrected chi connectivity index (χ4v) is 1.89. The molecule has 6 nitrogen and oxygen atoms in total. The van der Waals surface area contributed by atoms with Crippen molar-refractivity contribution < 1.29 is 4.52 Å². The number of nitrogens with one attached hydrogen (secondary N) is 1. The second-order valence-corrected chi connectivity index (χ2v) is 4.01. The van der Waals surface area contributed by atoms with E-state index in [1.807, 2.05) is 35.9 Å². The second kappa shape index (κ2) is 4.48. The largest absolute Gasteiger partial charge is 0.355 e. The number of para-hydroxylation sites is 2. The minimum absolute atomic E-state index is 0.696. The molecule has 0 spiro atoms. The molecule has 0 saturated heterocycles. The van der Waals surface area contributed by atoms with Crippen LogP contribution >= 0.6 is 0 Å². The molecular formula is C12H13N5O. The number of fused-ring (bicyclic) bond motifs is 1. The summed E-state index contributed by atoms with van der Waals surface area (Å²) in [6, 6.07) is 8.04. The van der Waals surface area contributed by atoms with Gasteiger partial charge in [0.15, 0.2) is 5.82 Å². The summed E-state index contributed by atoms with van der Waals surface area (Å²) in [5, 5.41) is 7.03. The van der Waals surface area contributed by atoms with Gasteiger partial charge in [0, 0.05) is 20.0 Å². The highest BCUT2D eigenvalue weighted by molar-refractivity contribution is 5.78. The Balaban J connectivity index is 1.73. The summed E-state index contributed by atoms with van der Waals surface area (Å²) in [5.41, 5.74) is 2.10. The average Bonchev–Trinajstić information content (AvgIpc) is 3.00. The van der Waals surface area contributed by atoms with E-state index in [0.29, 0.717) is 12.2 Å². The van der Waals surface area contributed by atoms with Gasteiger partial charge in [-0.1, -0.05) is 17.3 Å². The van der Waals surface area contributed by atoms with Crippen LogP contribution in [0.15, 0.2) is 35.2 Å². The molecular weight excluding hydrogens is 230 g/mol. The zero-order valence-electron chi connectivity index (χ0n) is 10.00. The van der Waals surface area contributed by atoms with E-state index < -0.39 is 0 Å². The Morgan fingerprint density at radius 3 is 3.00 bits per heavy atom. The van der Waals surface area contributed by atoms with Crippen molar-refractivity contribution in [1.29, 1.82) is 0 Å². The summed E-state index contributed by atoms with van der Waals surface area (Å²) in [6.45, 7) is 0.719. The van der Waals surface area contributed by atoms with Crippen molar-refractivity contribution in [3.8, 4) is 0 Å². The third-order valence-electron chi connectivity index (χ3n) is 2.83. The molecule has 0 unspecified atom stereocenters. The molecule has 92 valence electrons. The number of hydrogen-bond acceptors (Lipinski definition) is 5. The highest BCUT2D eigenvalue weighted by atomic mass is 16.5. The lowest BCUT2D eigenvalue weighted by atomic mass is 10.3. The summed E-state index contributed by atoms with van der Waals surface area (Å²) in [7, 11) is 1.99. The van der Waals surface area contributed by atoms with Crippen LogP contribution in [0, 0.1) is 0 Å². The van der Waals surface area contributed by atoms with E-state index in [4.69, 9.17) is 0 Å². The van der Waals surface area contributed by atoms with Crippen molar-refractivity contribution in [3.63, 3.8) is 0 Å². The second-order valence-electron chi connectivity index (χ2n) is 4.01. The van der Waals surface area contributed by atoms with E-state index in [1.54, 1.807) is 0 Å². The first-order valence-electron chi connectivity index (χ1n) is 5.75. The Hall–Kier alpha value is -2.37. The van der Waals surface area contributed by atoms with Gasteiger partial charge in [-0.05, 0) is 12.1 Å². The Bertz CT molecular complexity index is 644. The van der Waals surface area contributed by atoms with E-state index in [-0.39, 0.29) is 0 Å². The first kappa shape index (κ1) is 10.8. The van der Waals surface area contributed by atoms with Crippen molar-refractivity contribution in [3.05, 3.63) is 36.5 Å². The number of anilines is 1. The molecule has 0 atom stereocenters. The Morgan fingerprint density at radius 1 is 1.33 bits per heavy atom. The molecule has 0 saturated carbocycles. The highest BCUT2D eigenvalue weighted by Crippen LogP contribution is 2.17. The first-order chi connectivity index (χ1) is 8.84. The van der Waals surface area contributed by atoms with Gasteiger partial charge in [0.05, 0.1) is 11.0 Å². The highest BCUT2D eigenvalue weighted by Gasteiger charge is 2.06. The van der Waals surface area contributed by atoms with Gasteiger partial charge in [-0.3, -0.25) is 0 Å². The molecule has 0 aliphatic carbocycles. The molecule has 18 heavy (non-hydrogen) atoms. The molecule has 3 aromatic rings. The van der Waals surface area contributed by atoms with Gasteiger partial charge in [-0.25, -0.2) is 4.98 Å². The van der Waals surface area contributed by atoms with Crippen molar-refractivity contribution in [2.75, 3.05) is 11.9 Å². The van der Waals surface area contributed by atoms with Crippen molar-refractivity contribution in [1.82, 2.24) is 19.7 Å². The Morgan fingerprint density at radius 2 is 2.22 bits per heavy atom. The summed E-state index contributed by atoms with van der Waals surface area (Å²) in [6.07, 6.45) is 2.05. The minimum atomic E-state index is 0.696. The van der Waals surface area contributed by atoms with Gasteiger partial charge in [-0.15, -0.1) is 0 Å². The number of imidazole rings is 1. The maximum absolute atomic E-state index is 4.68. The van der Waals surface area contributed by atoms with Crippen LogP contribution in [0.3, 0.4) is 0 Å². The molecule has 0 radical (unpaired) electrons. The fraction of sp³-hybridized carbons (Fsp3) is 0.250. The predicted molar refractivity (Wildman–Crippen MR) is 67.2 cm³/mol. The molecule has 0 aliphatic heterocycles. The predicted octanol–water partition coefficient (Wildman–Crippen LogP) is 1.61. The van der Waals surface area contributed by atoms with Gasteiger partial charge in [-0.2, -0.15) is 4.98 Å². The Kier molecular flexibility index (Phi) is 2.68. The summed E-state index contributed by atoms with van der Waals surface area (Å²) < 4.78 is 6.71. The SMILES string of the molecule is Cn1c(NCCc2ncon2)nc2ccccc21. The van der Waals surface area contributed by atoms with E-state index in [1.165, 1.54) is 6.39 Å². The van der Waals surface area contributed by atoms with E-state index >= 15 is 0 Å². The normalized spacial score (nSPS) is 10.9. The van der Waals surface area contributed by atoms with Crippen molar-refractivity contribution in [2.24, 2.45) is 7.05 Å². The monoisotopic (exact) mass is 243 g/mol. The quantitative estimate of drug-likeness (QED) is 0.754. The molecule has 1 aromatic carbocycles. The average molecular weight is 243 g/mol. The molecule has 2 aromatic heterocycles. The third-order valence-corrected chi connectivity index (χ3v) is 2.83. The summed E-state index contributed by atoms with van der Waals surface area (Å²) in [4.78, 5) is 8.49. The number of hydrogen-bond donors (Lipinski definition) is 1. The standard InChI is InChI=1S/C12H13N5O/c1-17-10-5-3-2-4-9(10)15-12(17)13-7-6-11-14-8-18-16-11/h2-5,8H,6-7H2,1H3,(H,13,15). The number of aromatic nitrogens is 4.